The molecule has 0 N–H and O–H groups in total. The summed E-state index contributed by atoms with van der Waals surface area (Å²) in [5.74, 6) is 1.89. The minimum atomic E-state index is 0.376. The molecular formula is C10H9NO2S2. The van der Waals surface area contributed by atoms with Gasteiger partial charge in [-0.1, -0.05) is 11.8 Å². The Hall–Kier alpha value is -1.07. The molecule has 0 unspecified atom stereocenters. The zero-order chi connectivity index (χ0) is 10.7. The summed E-state index contributed by atoms with van der Waals surface area (Å²) < 4.78 is 6.27. The molecule has 0 spiro atoms. The van der Waals surface area contributed by atoms with E-state index in [4.69, 9.17) is 4.42 Å². The second-order valence-electron chi connectivity index (χ2n) is 2.97. The van der Waals surface area contributed by atoms with Crippen molar-refractivity contribution in [2.24, 2.45) is 0 Å². The fourth-order valence-electron chi connectivity index (χ4n) is 1.07. The third-order valence-electron chi connectivity index (χ3n) is 1.73. The van der Waals surface area contributed by atoms with Crippen LogP contribution >= 0.6 is 23.1 Å². The predicted molar refractivity (Wildman–Crippen MR) is 60.5 cm³/mol. The van der Waals surface area contributed by atoms with Gasteiger partial charge in [0.2, 0.25) is 0 Å². The quantitative estimate of drug-likeness (QED) is 0.607. The average molecular weight is 239 g/mol. The minimum absolute atomic E-state index is 0.376. The van der Waals surface area contributed by atoms with Crippen LogP contribution in [0.15, 0.2) is 26.3 Å². The van der Waals surface area contributed by atoms with Crippen LogP contribution in [0.4, 0.5) is 0 Å². The number of thiazole rings is 1. The van der Waals surface area contributed by atoms with Gasteiger partial charge in [0.15, 0.2) is 16.4 Å². The molecule has 0 fully saturated rings. The number of nitrogens with zero attached hydrogens (tertiary/aromatic N) is 1. The smallest absolute Gasteiger partial charge is 0.185 e. The summed E-state index contributed by atoms with van der Waals surface area (Å²) in [5.41, 5.74) is 1.04. The second-order valence-corrected chi connectivity index (χ2v) is 5.05. The van der Waals surface area contributed by atoms with Gasteiger partial charge < -0.3 is 4.42 Å². The van der Waals surface area contributed by atoms with E-state index < -0.39 is 0 Å². The van der Waals surface area contributed by atoms with Crippen molar-refractivity contribution in [3.05, 3.63) is 34.7 Å². The zero-order valence-electron chi connectivity index (χ0n) is 8.10. The molecule has 0 aliphatic heterocycles. The summed E-state index contributed by atoms with van der Waals surface area (Å²) >= 11 is 3.24. The fraction of sp³-hybridized carbons (Fsp3) is 0.200. The van der Waals surface area contributed by atoms with Crippen LogP contribution in [0.5, 0.6) is 0 Å². The lowest BCUT2D eigenvalue weighted by molar-refractivity contribution is 0.109. The van der Waals surface area contributed by atoms with Crippen molar-refractivity contribution in [3.63, 3.8) is 0 Å². The van der Waals surface area contributed by atoms with Gasteiger partial charge in [-0.05, 0) is 19.1 Å². The van der Waals surface area contributed by atoms with Gasteiger partial charge in [0, 0.05) is 11.1 Å². The summed E-state index contributed by atoms with van der Waals surface area (Å²) in [7, 11) is 0. The first-order chi connectivity index (χ1) is 7.28. The van der Waals surface area contributed by atoms with E-state index in [1.807, 2.05) is 18.4 Å². The molecule has 0 aliphatic carbocycles. The molecule has 0 aliphatic rings. The number of carbonyl (C=O) groups excluding carboxylic acids is 1. The summed E-state index contributed by atoms with van der Waals surface area (Å²) in [6.45, 7) is 1.97. The molecule has 0 saturated carbocycles. The molecule has 0 saturated heterocycles. The molecule has 78 valence electrons. The Morgan fingerprint density at radius 1 is 1.60 bits per heavy atom. The molecule has 0 bridgehead atoms. The number of hydrogen-bond acceptors (Lipinski definition) is 5. The highest BCUT2D eigenvalue weighted by atomic mass is 32.2. The topological polar surface area (TPSA) is 43.1 Å². The Balaban J connectivity index is 1.95. The largest absolute Gasteiger partial charge is 0.457 e. The Kier molecular flexibility index (Phi) is 3.23. The van der Waals surface area contributed by atoms with Gasteiger partial charge in [-0.25, -0.2) is 4.98 Å². The molecule has 2 aromatic rings. The number of carbonyl (C=O) groups is 1. The van der Waals surface area contributed by atoms with Crippen molar-refractivity contribution >= 4 is 29.4 Å². The van der Waals surface area contributed by atoms with Crippen LogP contribution in [0.25, 0.3) is 0 Å². The van der Waals surface area contributed by atoms with Crippen LogP contribution in [0, 0.1) is 6.92 Å². The first kappa shape index (κ1) is 10.4. The SMILES string of the molecule is Cc1csc(SCc2ccc(C=O)o2)n1. The first-order valence-electron chi connectivity index (χ1n) is 4.37. The van der Waals surface area contributed by atoms with Gasteiger partial charge >= 0.3 is 0 Å². The van der Waals surface area contributed by atoms with Crippen LogP contribution in [0.1, 0.15) is 22.0 Å². The van der Waals surface area contributed by atoms with Gasteiger partial charge in [-0.2, -0.15) is 0 Å². The van der Waals surface area contributed by atoms with Crippen molar-refractivity contribution in [1.82, 2.24) is 4.98 Å². The molecule has 3 nitrogen and oxygen atoms in total. The molecule has 0 aromatic carbocycles. The maximum atomic E-state index is 10.4. The lowest BCUT2D eigenvalue weighted by Gasteiger charge is -1.92. The molecule has 5 heteroatoms. The van der Waals surface area contributed by atoms with Crippen LogP contribution < -0.4 is 0 Å². The highest BCUT2D eigenvalue weighted by molar-refractivity contribution is 8.00. The number of furan rings is 1. The fourth-order valence-corrected chi connectivity index (χ4v) is 2.81. The highest BCUT2D eigenvalue weighted by Gasteiger charge is 2.04. The zero-order valence-corrected chi connectivity index (χ0v) is 9.73. The van der Waals surface area contributed by atoms with E-state index in [1.54, 1.807) is 29.2 Å². The van der Waals surface area contributed by atoms with E-state index in [-0.39, 0.29) is 0 Å². The number of aldehydes is 1. The third kappa shape index (κ3) is 2.70. The maximum absolute atomic E-state index is 10.4. The average Bonchev–Trinajstić information content (AvgIpc) is 2.83. The standard InChI is InChI=1S/C10H9NO2S2/c1-7-5-14-10(11-7)15-6-9-3-2-8(4-12)13-9/h2-5H,6H2,1H3. The first-order valence-corrected chi connectivity index (χ1v) is 6.23. The van der Waals surface area contributed by atoms with Crippen LogP contribution in [-0.4, -0.2) is 11.3 Å². The van der Waals surface area contributed by atoms with E-state index in [0.29, 0.717) is 17.8 Å². The van der Waals surface area contributed by atoms with Gasteiger partial charge in [0.25, 0.3) is 0 Å². The van der Waals surface area contributed by atoms with E-state index in [9.17, 15) is 4.79 Å². The van der Waals surface area contributed by atoms with Crippen molar-refractivity contribution in [2.45, 2.75) is 17.0 Å². The predicted octanol–water partition coefficient (Wildman–Crippen LogP) is 3.15. The van der Waals surface area contributed by atoms with Crippen LogP contribution in [0.3, 0.4) is 0 Å². The van der Waals surface area contributed by atoms with E-state index in [1.165, 1.54) is 0 Å². The summed E-state index contributed by atoms with van der Waals surface area (Å²) in [5, 5.41) is 2.02. The monoisotopic (exact) mass is 239 g/mol. The number of aryl methyl sites for hydroxylation is 1. The Morgan fingerprint density at radius 2 is 2.47 bits per heavy atom. The number of aromatic nitrogens is 1. The third-order valence-corrected chi connectivity index (χ3v) is 3.90. The van der Waals surface area contributed by atoms with Crippen molar-refractivity contribution in [3.8, 4) is 0 Å². The highest BCUT2D eigenvalue weighted by Crippen LogP contribution is 2.26. The molecular weight excluding hydrogens is 230 g/mol. The van der Waals surface area contributed by atoms with Gasteiger partial charge in [-0.15, -0.1) is 11.3 Å². The van der Waals surface area contributed by atoms with Crippen LogP contribution in [0.2, 0.25) is 0 Å². The van der Waals surface area contributed by atoms with E-state index in [0.717, 1.165) is 15.8 Å². The lowest BCUT2D eigenvalue weighted by atomic mass is 10.4. The van der Waals surface area contributed by atoms with Crippen molar-refractivity contribution in [1.29, 1.82) is 0 Å². The Bertz CT molecular complexity index is 461. The normalized spacial score (nSPS) is 10.5. The van der Waals surface area contributed by atoms with Gasteiger partial charge in [0.1, 0.15) is 5.76 Å². The summed E-state index contributed by atoms with van der Waals surface area (Å²) in [6, 6.07) is 3.49. The maximum Gasteiger partial charge on any atom is 0.185 e. The molecule has 2 rings (SSSR count). The minimum Gasteiger partial charge on any atom is -0.457 e. The lowest BCUT2D eigenvalue weighted by Crippen LogP contribution is -1.76. The summed E-state index contributed by atoms with van der Waals surface area (Å²) in [4.78, 5) is 14.7. The molecule has 15 heavy (non-hydrogen) atoms. The van der Waals surface area contributed by atoms with Gasteiger partial charge in [0.05, 0.1) is 5.75 Å². The molecule has 0 amide bonds. The molecule has 0 radical (unpaired) electrons. The van der Waals surface area contributed by atoms with E-state index in [2.05, 4.69) is 4.98 Å². The number of thioether (sulfide) groups is 1. The molecule has 0 atom stereocenters. The number of rotatable bonds is 4. The Morgan fingerprint density at radius 3 is 3.07 bits per heavy atom. The summed E-state index contributed by atoms with van der Waals surface area (Å²) in [6.07, 6.45) is 0.710. The van der Waals surface area contributed by atoms with Crippen LogP contribution in [-0.2, 0) is 5.75 Å². The number of hydrogen-bond donors (Lipinski definition) is 0. The van der Waals surface area contributed by atoms with Crippen molar-refractivity contribution in [2.75, 3.05) is 0 Å². The van der Waals surface area contributed by atoms with Gasteiger partial charge in [-0.3, -0.25) is 4.79 Å². The molecule has 2 aromatic heterocycles. The Labute approximate surface area is 95.5 Å². The van der Waals surface area contributed by atoms with E-state index >= 15 is 0 Å². The van der Waals surface area contributed by atoms with Crippen molar-refractivity contribution < 1.29 is 9.21 Å². The molecule has 2 heterocycles. The second kappa shape index (κ2) is 4.63.